The van der Waals surface area contributed by atoms with E-state index in [1.165, 1.54) is 19.8 Å². The molecule has 4 N–H and O–H groups in total. The van der Waals surface area contributed by atoms with Crippen LogP contribution < -0.4 is 5.73 Å². The first-order chi connectivity index (χ1) is 22.3. The van der Waals surface area contributed by atoms with E-state index in [4.69, 9.17) is 24.7 Å². The molecule has 1 amide bonds. The number of carbonyl (C=O) groups excluding carboxylic acids is 2. The molecule has 272 valence electrons. The zero-order valence-electron chi connectivity index (χ0n) is 30.6. The number of rotatable bonds is 7. The number of aliphatic hydroxyl groups excluding tert-OH is 1. The molecule has 7 aliphatic rings. The number of hydrogen-bond donors (Lipinski definition) is 3. The van der Waals surface area contributed by atoms with Crippen LogP contribution in [0, 0.1) is 50.7 Å². The summed E-state index contributed by atoms with van der Waals surface area (Å²) in [6.45, 7) is 18.7. The fraction of sp³-hybridized carbons (Fsp3) is 0.947. The third-order valence-corrected chi connectivity index (χ3v) is 15.9. The molecule has 14 atom stereocenters. The molecule has 2 spiro atoms. The van der Waals surface area contributed by atoms with Crippen molar-refractivity contribution in [3.8, 4) is 0 Å². The van der Waals surface area contributed by atoms with Gasteiger partial charge in [-0.05, 0) is 111 Å². The largest absolute Gasteiger partial charge is 0.457 e. The molecule has 0 radical (unpaired) electrons. The number of primary amides is 1. The highest BCUT2D eigenvalue weighted by Crippen LogP contribution is 2.89. The van der Waals surface area contributed by atoms with E-state index >= 15 is 0 Å². The molecule has 10 nitrogen and oxygen atoms in total. The summed E-state index contributed by atoms with van der Waals surface area (Å²) in [6, 6.07) is 0. The molecule has 7 fully saturated rings. The minimum atomic E-state index is -1.27. The Morgan fingerprint density at radius 3 is 2.42 bits per heavy atom. The molecule has 48 heavy (non-hydrogen) atoms. The van der Waals surface area contributed by atoms with Gasteiger partial charge >= 0.3 is 5.97 Å². The van der Waals surface area contributed by atoms with Crippen LogP contribution in [0.3, 0.4) is 0 Å². The fourth-order valence-electron chi connectivity index (χ4n) is 13.9. The second-order valence-corrected chi connectivity index (χ2v) is 18.9. The van der Waals surface area contributed by atoms with Crippen LogP contribution in [0.15, 0.2) is 0 Å². The molecule has 2 aliphatic heterocycles. The third kappa shape index (κ3) is 4.85. The third-order valence-electron chi connectivity index (χ3n) is 15.9. The Bertz CT molecular complexity index is 1300. The topological polar surface area (TPSA) is 141 Å². The number of carbonyl (C=O) groups is 2. The second-order valence-electron chi connectivity index (χ2n) is 18.9. The van der Waals surface area contributed by atoms with Gasteiger partial charge in [0.15, 0.2) is 12.4 Å². The van der Waals surface area contributed by atoms with Crippen molar-refractivity contribution in [3.63, 3.8) is 0 Å². The molecule has 0 aromatic rings. The minimum absolute atomic E-state index is 0.0281. The normalized spacial score (nSPS) is 50.2. The Morgan fingerprint density at radius 2 is 1.75 bits per heavy atom. The van der Waals surface area contributed by atoms with Gasteiger partial charge in [0.2, 0.25) is 5.91 Å². The van der Waals surface area contributed by atoms with Crippen molar-refractivity contribution in [3.05, 3.63) is 0 Å². The highest BCUT2D eigenvalue weighted by atomic mass is 16.7. The highest BCUT2D eigenvalue weighted by Gasteiger charge is 2.84. The van der Waals surface area contributed by atoms with Crippen molar-refractivity contribution >= 4 is 11.9 Å². The maximum atomic E-state index is 12.6. The van der Waals surface area contributed by atoms with Gasteiger partial charge in [-0.1, -0.05) is 34.6 Å². The summed E-state index contributed by atoms with van der Waals surface area (Å²) in [5.74, 6) is 0.638. The van der Waals surface area contributed by atoms with Gasteiger partial charge in [0, 0.05) is 18.9 Å². The van der Waals surface area contributed by atoms with Crippen molar-refractivity contribution in [2.45, 2.75) is 149 Å². The van der Waals surface area contributed by atoms with E-state index in [2.05, 4.69) is 34.6 Å². The molecular formula is C38H62N2O8. The van der Waals surface area contributed by atoms with Crippen LogP contribution in [0.2, 0.25) is 0 Å². The van der Waals surface area contributed by atoms with Crippen molar-refractivity contribution in [2.24, 2.45) is 56.5 Å². The maximum Gasteiger partial charge on any atom is 0.303 e. The van der Waals surface area contributed by atoms with Crippen molar-refractivity contribution in [1.82, 2.24) is 4.90 Å². The Morgan fingerprint density at radius 1 is 1.06 bits per heavy atom. The predicted molar refractivity (Wildman–Crippen MR) is 178 cm³/mol. The smallest absolute Gasteiger partial charge is 0.303 e. The quantitative estimate of drug-likeness (QED) is 0.342. The molecule has 10 heteroatoms. The van der Waals surface area contributed by atoms with Crippen LogP contribution in [-0.2, 0) is 28.5 Å². The Balaban J connectivity index is 1.12. The maximum absolute atomic E-state index is 12.6. The van der Waals surface area contributed by atoms with E-state index in [-0.39, 0.29) is 69.9 Å². The summed E-state index contributed by atoms with van der Waals surface area (Å²) in [4.78, 5) is 25.7. The van der Waals surface area contributed by atoms with Gasteiger partial charge in [-0.2, -0.15) is 0 Å². The number of morpholine rings is 1. The molecule has 5 aliphatic carbocycles. The molecule has 1 unspecified atom stereocenters. The van der Waals surface area contributed by atoms with E-state index in [0.717, 1.165) is 32.1 Å². The number of esters is 1. The first-order valence-electron chi connectivity index (χ1n) is 18.8. The van der Waals surface area contributed by atoms with Gasteiger partial charge < -0.3 is 34.9 Å². The summed E-state index contributed by atoms with van der Waals surface area (Å²) in [5, 5.41) is 23.6. The van der Waals surface area contributed by atoms with Gasteiger partial charge in [0.25, 0.3) is 0 Å². The average molecular weight is 675 g/mol. The second kappa shape index (κ2) is 11.3. The Hall–Kier alpha value is -1.30. The zero-order chi connectivity index (χ0) is 34.8. The van der Waals surface area contributed by atoms with Crippen molar-refractivity contribution in [1.29, 1.82) is 0 Å². The molecule has 0 aromatic carbocycles. The lowest BCUT2D eigenvalue weighted by Crippen LogP contribution is -2.60. The Labute approximate surface area is 287 Å². The number of ether oxygens (including phenoxy) is 4. The molecule has 2 saturated heterocycles. The monoisotopic (exact) mass is 674 g/mol. The standard InChI is InChI=1S/C38H62N2O8/c1-21-17-23(32(34(5,6)44)46-22(2)41)47-30-29(21)35(7)13-14-38-20-37(38)12-11-26(48-28-19-40(15-16-45-28)18-27(39)42)33(3,4)24(37)9-10-25(38)36(35,8)31(30)43/h21,23-26,28-32,43-44H,9-20H2,1-8H3,(H2,39,42)/t21-,23-,24+,25+,26+,28+,29?,30+,31+,32+,35-,36-,37-,38+/m1/s1. The summed E-state index contributed by atoms with van der Waals surface area (Å²) in [5.41, 5.74) is 4.28. The number of fused-ring (bicyclic) bond motifs is 4. The fourth-order valence-corrected chi connectivity index (χ4v) is 13.9. The minimum Gasteiger partial charge on any atom is -0.457 e. The van der Waals surface area contributed by atoms with Crippen molar-refractivity contribution < 1.29 is 38.7 Å². The van der Waals surface area contributed by atoms with Crippen LogP contribution in [0.5, 0.6) is 0 Å². The summed E-state index contributed by atoms with van der Waals surface area (Å²) >= 11 is 0. The van der Waals surface area contributed by atoms with Crippen LogP contribution in [-0.4, -0.2) is 95.6 Å². The zero-order valence-corrected chi connectivity index (χ0v) is 30.6. The van der Waals surface area contributed by atoms with Crippen LogP contribution in [0.25, 0.3) is 0 Å². The SMILES string of the molecule is CC(=O)O[C@@H]([C@H]1C[C@@H](C)C2[C@H](O1)[C@H](O)[C@@]1(C)[C@@H]3CC[C@H]4C(C)(C)[C@@H](O[C@H]5CN(CC(N)=O)CCO5)CC[C@@]45C[C@@]35CC[C@]21C)C(C)(C)O. The van der Waals surface area contributed by atoms with E-state index in [9.17, 15) is 19.8 Å². The van der Waals surface area contributed by atoms with Gasteiger partial charge in [-0.15, -0.1) is 0 Å². The van der Waals surface area contributed by atoms with Crippen LogP contribution in [0.4, 0.5) is 0 Å². The van der Waals surface area contributed by atoms with E-state index in [1.54, 1.807) is 13.8 Å². The van der Waals surface area contributed by atoms with Gasteiger partial charge in [-0.3, -0.25) is 14.5 Å². The van der Waals surface area contributed by atoms with Gasteiger partial charge in [0.1, 0.15) is 0 Å². The lowest BCUT2D eigenvalue weighted by Gasteiger charge is -2.64. The Kier molecular flexibility index (Phi) is 8.30. The molecule has 7 rings (SSSR count). The summed E-state index contributed by atoms with van der Waals surface area (Å²) < 4.78 is 25.3. The van der Waals surface area contributed by atoms with Crippen LogP contribution >= 0.6 is 0 Å². The first kappa shape index (κ1) is 35.1. The van der Waals surface area contributed by atoms with E-state index in [1.807, 2.05) is 4.90 Å². The number of nitrogens with two attached hydrogens (primary N) is 1. The van der Waals surface area contributed by atoms with Gasteiger partial charge in [0.05, 0.1) is 49.7 Å². The highest BCUT2D eigenvalue weighted by molar-refractivity contribution is 5.75. The summed E-state index contributed by atoms with van der Waals surface area (Å²) in [7, 11) is 0. The lowest BCUT2D eigenvalue weighted by atomic mass is 9.41. The number of amides is 1. The predicted octanol–water partition coefficient (Wildman–Crippen LogP) is 4.03. The van der Waals surface area contributed by atoms with Crippen LogP contribution in [0.1, 0.15) is 107 Å². The molecular weight excluding hydrogens is 612 g/mol. The summed E-state index contributed by atoms with van der Waals surface area (Å²) in [6.07, 6.45) is 6.00. The number of hydrogen-bond acceptors (Lipinski definition) is 9. The molecule has 5 saturated carbocycles. The lowest BCUT2D eigenvalue weighted by molar-refractivity contribution is -0.248. The molecule has 0 bridgehead atoms. The number of aliphatic hydroxyl groups is 2. The van der Waals surface area contributed by atoms with Crippen molar-refractivity contribution in [2.75, 3.05) is 26.2 Å². The molecule has 0 aromatic heterocycles. The van der Waals surface area contributed by atoms with Gasteiger partial charge in [-0.25, -0.2) is 0 Å². The van der Waals surface area contributed by atoms with E-state index in [0.29, 0.717) is 38.0 Å². The number of nitrogens with zero attached hydrogens (tertiary/aromatic N) is 1. The molecule has 2 heterocycles. The average Bonchev–Trinajstić information content (AvgIpc) is 3.61. The first-order valence-corrected chi connectivity index (χ1v) is 18.8. The van der Waals surface area contributed by atoms with E-state index < -0.39 is 29.9 Å².